The second kappa shape index (κ2) is 9.72. The summed E-state index contributed by atoms with van der Waals surface area (Å²) >= 11 is 0. The van der Waals surface area contributed by atoms with Gasteiger partial charge in [0.15, 0.2) is 0 Å². The lowest BCUT2D eigenvalue weighted by Crippen LogP contribution is -2.46. The minimum Gasteiger partial charge on any atom is -0.468 e. The van der Waals surface area contributed by atoms with Gasteiger partial charge < -0.3 is 24.9 Å². The average molecular weight is 357 g/mol. The Balaban J connectivity index is 2.28. The molecule has 144 valence electrons. The molecule has 8 nitrogen and oxygen atoms in total. The fourth-order valence-electron chi connectivity index (χ4n) is 2.90. The van der Waals surface area contributed by atoms with Gasteiger partial charge in [-0.1, -0.05) is 0 Å². The maximum absolute atomic E-state index is 11.7. The molecule has 3 unspecified atom stereocenters. The Morgan fingerprint density at radius 3 is 2.56 bits per heavy atom. The Morgan fingerprint density at radius 2 is 2.00 bits per heavy atom. The number of methoxy groups -OCH3 is 1. The molecule has 0 aromatic rings. The molecular formula is C17H31N3O5. The summed E-state index contributed by atoms with van der Waals surface area (Å²) in [7, 11) is 3.33. The molecular weight excluding hydrogens is 326 g/mol. The van der Waals surface area contributed by atoms with Crippen LogP contribution >= 0.6 is 0 Å². The van der Waals surface area contributed by atoms with E-state index in [1.807, 2.05) is 11.9 Å². The van der Waals surface area contributed by atoms with Gasteiger partial charge in [0.2, 0.25) is 0 Å². The molecule has 0 radical (unpaired) electrons. The lowest BCUT2D eigenvalue weighted by Gasteiger charge is -2.24. The number of amides is 1. The van der Waals surface area contributed by atoms with E-state index in [1.54, 1.807) is 20.8 Å². The highest BCUT2D eigenvalue weighted by atomic mass is 16.6. The topological polar surface area (TPSA) is 97.0 Å². The van der Waals surface area contributed by atoms with Crippen LogP contribution in [0.1, 0.15) is 40.0 Å². The van der Waals surface area contributed by atoms with Crippen molar-refractivity contribution in [1.82, 2.24) is 15.5 Å². The van der Waals surface area contributed by atoms with Crippen LogP contribution in [0.4, 0.5) is 4.79 Å². The fraction of sp³-hybridized carbons (Fsp3) is 0.824. The highest BCUT2D eigenvalue weighted by molar-refractivity contribution is 5.76. The van der Waals surface area contributed by atoms with Crippen LogP contribution in [0.2, 0.25) is 0 Å². The number of aldehydes is 1. The van der Waals surface area contributed by atoms with E-state index in [4.69, 9.17) is 9.47 Å². The van der Waals surface area contributed by atoms with Crippen LogP contribution in [0, 0.1) is 0 Å². The molecule has 0 saturated carbocycles. The summed E-state index contributed by atoms with van der Waals surface area (Å²) in [6.45, 7) is 6.31. The highest BCUT2D eigenvalue weighted by Crippen LogP contribution is 2.24. The van der Waals surface area contributed by atoms with E-state index < -0.39 is 17.7 Å². The molecule has 0 aromatic heterocycles. The van der Waals surface area contributed by atoms with Crippen molar-refractivity contribution in [3.8, 4) is 0 Å². The van der Waals surface area contributed by atoms with Crippen molar-refractivity contribution in [2.45, 2.75) is 63.8 Å². The van der Waals surface area contributed by atoms with E-state index in [9.17, 15) is 14.4 Å². The predicted octanol–water partition coefficient (Wildman–Crippen LogP) is 0.694. The van der Waals surface area contributed by atoms with Crippen molar-refractivity contribution >= 4 is 18.3 Å². The summed E-state index contributed by atoms with van der Waals surface area (Å²) in [5.74, 6) is -0.194. The first kappa shape index (κ1) is 21.4. The first-order valence-corrected chi connectivity index (χ1v) is 8.63. The Kier molecular flexibility index (Phi) is 8.31. The number of hydrogen-bond acceptors (Lipinski definition) is 7. The van der Waals surface area contributed by atoms with Gasteiger partial charge in [0, 0.05) is 12.6 Å². The molecule has 1 rings (SSSR count). The molecule has 2 N–H and O–H groups in total. The number of likely N-dealkylation sites (N-methyl/N-ethyl adjacent to an activating group) is 1. The van der Waals surface area contributed by atoms with E-state index >= 15 is 0 Å². The van der Waals surface area contributed by atoms with E-state index in [2.05, 4.69) is 10.6 Å². The zero-order valence-corrected chi connectivity index (χ0v) is 15.8. The number of hydrogen-bond donors (Lipinski definition) is 2. The molecule has 0 spiro atoms. The first-order chi connectivity index (χ1) is 11.7. The van der Waals surface area contributed by atoms with Crippen molar-refractivity contribution in [3.05, 3.63) is 0 Å². The lowest BCUT2D eigenvalue weighted by atomic mass is 10.1. The quantitative estimate of drug-likeness (QED) is 0.375. The Labute approximate surface area is 149 Å². The van der Waals surface area contributed by atoms with Gasteiger partial charge in [0.25, 0.3) is 0 Å². The fourth-order valence-corrected chi connectivity index (χ4v) is 2.90. The van der Waals surface area contributed by atoms with Crippen molar-refractivity contribution in [2.75, 3.05) is 27.2 Å². The van der Waals surface area contributed by atoms with Crippen LogP contribution < -0.4 is 10.6 Å². The number of rotatable bonds is 8. The number of likely N-dealkylation sites (tertiary alicyclic amines) is 1. The number of carbonyl (C=O) groups excluding carboxylic acids is 3. The molecule has 25 heavy (non-hydrogen) atoms. The molecule has 0 aromatic carbocycles. The van der Waals surface area contributed by atoms with Gasteiger partial charge in [-0.2, -0.15) is 0 Å². The minimum atomic E-state index is -0.640. The third-order valence-electron chi connectivity index (χ3n) is 4.20. The van der Waals surface area contributed by atoms with Crippen LogP contribution in [0.15, 0.2) is 0 Å². The summed E-state index contributed by atoms with van der Waals surface area (Å²) in [4.78, 5) is 36.5. The molecule has 3 atom stereocenters. The third kappa shape index (κ3) is 7.39. The number of nitrogens with zero attached hydrogens (tertiary/aromatic N) is 1. The van der Waals surface area contributed by atoms with Gasteiger partial charge in [-0.25, -0.2) is 4.79 Å². The average Bonchev–Trinajstić information content (AvgIpc) is 2.88. The van der Waals surface area contributed by atoms with Crippen LogP contribution in [-0.2, 0) is 19.1 Å². The first-order valence-electron chi connectivity index (χ1n) is 8.63. The van der Waals surface area contributed by atoms with Crippen LogP contribution in [0.5, 0.6) is 0 Å². The van der Waals surface area contributed by atoms with Crippen molar-refractivity contribution < 1.29 is 23.9 Å². The Hall–Kier alpha value is -1.67. The summed E-state index contributed by atoms with van der Waals surface area (Å²) in [5, 5.41) is 5.69. The van der Waals surface area contributed by atoms with Crippen LogP contribution in [0.3, 0.4) is 0 Å². The maximum atomic E-state index is 11.7. The lowest BCUT2D eigenvalue weighted by molar-refractivity contribution is -0.145. The number of ether oxygens (including phenoxy) is 2. The largest absolute Gasteiger partial charge is 0.468 e. The van der Waals surface area contributed by atoms with Gasteiger partial charge in [0.05, 0.1) is 7.11 Å². The van der Waals surface area contributed by atoms with Crippen LogP contribution in [0.25, 0.3) is 0 Å². The maximum Gasteiger partial charge on any atom is 0.408 e. The van der Waals surface area contributed by atoms with E-state index in [1.165, 1.54) is 7.11 Å². The van der Waals surface area contributed by atoms with Crippen molar-refractivity contribution in [3.63, 3.8) is 0 Å². The Bertz CT molecular complexity index is 464. The monoisotopic (exact) mass is 357 g/mol. The molecule has 1 aliphatic rings. The Morgan fingerprint density at radius 1 is 1.32 bits per heavy atom. The number of carbonyl (C=O) groups is 3. The molecule has 0 aliphatic carbocycles. The van der Waals surface area contributed by atoms with Gasteiger partial charge in [-0.3, -0.25) is 9.69 Å². The molecule has 1 heterocycles. The van der Waals surface area contributed by atoms with Gasteiger partial charge >= 0.3 is 12.1 Å². The van der Waals surface area contributed by atoms with Gasteiger partial charge in [-0.15, -0.1) is 0 Å². The molecule has 1 amide bonds. The second-order valence-corrected chi connectivity index (χ2v) is 7.32. The molecule has 1 aliphatic heterocycles. The normalized spacial score (nSPS) is 22.3. The molecule has 8 heteroatoms. The van der Waals surface area contributed by atoms with Crippen molar-refractivity contribution in [1.29, 1.82) is 0 Å². The van der Waals surface area contributed by atoms with Crippen molar-refractivity contribution in [2.24, 2.45) is 0 Å². The highest BCUT2D eigenvalue weighted by Gasteiger charge is 2.35. The number of esters is 1. The number of alkyl carbamates (subject to hydrolysis) is 1. The minimum absolute atomic E-state index is 0.174. The summed E-state index contributed by atoms with van der Waals surface area (Å²) < 4.78 is 9.94. The van der Waals surface area contributed by atoms with E-state index in [0.29, 0.717) is 25.4 Å². The smallest absolute Gasteiger partial charge is 0.408 e. The molecule has 1 saturated heterocycles. The van der Waals surface area contributed by atoms with E-state index in [-0.39, 0.29) is 12.0 Å². The SMILES string of the molecule is COC(=O)C1CCC(CCNCC(C=O)NC(=O)OC(C)(C)C)N1C. The summed E-state index contributed by atoms with van der Waals surface area (Å²) in [6.07, 6.45) is 2.66. The molecule has 1 fully saturated rings. The summed E-state index contributed by atoms with van der Waals surface area (Å²) in [5.41, 5.74) is -0.603. The zero-order valence-electron chi connectivity index (χ0n) is 15.8. The van der Waals surface area contributed by atoms with Gasteiger partial charge in [-0.05, 0) is 53.6 Å². The molecule has 0 bridgehead atoms. The second-order valence-electron chi connectivity index (χ2n) is 7.32. The zero-order chi connectivity index (χ0) is 19.0. The van der Waals surface area contributed by atoms with E-state index in [0.717, 1.165) is 19.3 Å². The summed E-state index contributed by atoms with van der Waals surface area (Å²) in [6, 6.07) is -0.518. The third-order valence-corrected chi connectivity index (χ3v) is 4.20. The predicted molar refractivity (Wildman–Crippen MR) is 93.3 cm³/mol. The number of nitrogens with one attached hydrogen (secondary N) is 2. The van der Waals surface area contributed by atoms with Crippen LogP contribution in [-0.4, -0.2) is 74.2 Å². The standard InChI is InChI=1S/C17H31N3O5/c1-17(2,3)25-16(23)19-12(11-21)10-18-9-8-13-6-7-14(20(13)4)15(22)24-5/h11-14,18H,6-10H2,1-5H3,(H,19,23). The van der Waals surface area contributed by atoms with Gasteiger partial charge in [0.1, 0.15) is 24.0 Å².